The molecule has 1 aromatic heterocycles. The Morgan fingerprint density at radius 1 is 1.15 bits per heavy atom. The summed E-state index contributed by atoms with van der Waals surface area (Å²) in [4.78, 5) is 3.98. The molecule has 1 saturated heterocycles. The normalized spacial score (nSPS) is 17.1. The first-order valence-electron chi connectivity index (χ1n) is 4.62. The van der Waals surface area contributed by atoms with Gasteiger partial charge in [-0.25, -0.2) is 0 Å². The zero-order valence-electron chi connectivity index (χ0n) is 7.57. The van der Waals surface area contributed by atoms with Crippen LogP contribution in [-0.4, -0.2) is 18.2 Å². The van der Waals surface area contributed by atoms with Gasteiger partial charge in [-0.15, -0.1) is 0 Å². The van der Waals surface area contributed by atoms with Crippen LogP contribution in [0.5, 0.6) is 0 Å². The smallest absolute Gasteiger partial charge is 0.0503 e. The molecule has 2 nitrogen and oxygen atoms in total. The SMILES string of the molecule is C(=C1CCOCC1)c1ccncc1. The van der Waals surface area contributed by atoms with Crippen LogP contribution in [0.2, 0.25) is 0 Å². The molecular weight excluding hydrogens is 162 g/mol. The third-order valence-corrected chi connectivity index (χ3v) is 2.21. The third-order valence-electron chi connectivity index (χ3n) is 2.21. The number of ether oxygens (including phenoxy) is 1. The number of nitrogens with zero attached hydrogens (tertiary/aromatic N) is 1. The Bertz CT molecular complexity index is 284. The fourth-order valence-corrected chi connectivity index (χ4v) is 1.47. The van der Waals surface area contributed by atoms with Gasteiger partial charge < -0.3 is 4.74 Å². The fourth-order valence-electron chi connectivity index (χ4n) is 1.47. The van der Waals surface area contributed by atoms with Crippen molar-refractivity contribution < 1.29 is 4.74 Å². The van der Waals surface area contributed by atoms with Crippen molar-refractivity contribution in [3.8, 4) is 0 Å². The molecule has 1 fully saturated rings. The molecule has 0 unspecified atom stereocenters. The first-order valence-corrected chi connectivity index (χ1v) is 4.62. The molecule has 0 amide bonds. The minimum atomic E-state index is 0.872. The molecule has 0 atom stereocenters. The maximum absolute atomic E-state index is 5.28. The Labute approximate surface area is 78.3 Å². The first-order chi connectivity index (χ1) is 6.45. The summed E-state index contributed by atoms with van der Waals surface area (Å²) in [6.45, 7) is 1.74. The second kappa shape index (κ2) is 4.19. The van der Waals surface area contributed by atoms with Crippen LogP contribution >= 0.6 is 0 Å². The molecule has 1 aliphatic rings. The van der Waals surface area contributed by atoms with Crippen molar-refractivity contribution >= 4 is 6.08 Å². The predicted molar refractivity (Wildman–Crippen MR) is 52.3 cm³/mol. The first kappa shape index (κ1) is 8.45. The summed E-state index contributed by atoms with van der Waals surface area (Å²) < 4.78 is 5.28. The van der Waals surface area contributed by atoms with Crippen molar-refractivity contribution in [3.05, 3.63) is 35.7 Å². The van der Waals surface area contributed by atoms with Crippen LogP contribution in [-0.2, 0) is 4.74 Å². The average Bonchev–Trinajstić information content (AvgIpc) is 2.21. The lowest BCUT2D eigenvalue weighted by Crippen LogP contribution is -2.06. The summed E-state index contributed by atoms with van der Waals surface area (Å²) in [6, 6.07) is 4.06. The van der Waals surface area contributed by atoms with E-state index in [0.717, 1.165) is 26.1 Å². The van der Waals surface area contributed by atoms with E-state index < -0.39 is 0 Å². The lowest BCUT2D eigenvalue weighted by molar-refractivity contribution is 0.119. The minimum absolute atomic E-state index is 0.872. The standard InChI is InChI=1S/C11H13NO/c1-5-12-6-2-10(1)9-11-3-7-13-8-4-11/h1-2,5-6,9H,3-4,7-8H2. The van der Waals surface area contributed by atoms with E-state index in [1.807, 2.05) is 24.5 Å². The Balaban J connectivity index is 2.10. The van der Waals surface area contributed by atoms with Crippen LogP contribution in [0.25, 0.3) is 6.08 Å². The molecule has 0 saturated carbocycles. The van der Waals surface area contributed by atoms with Crippen LogP contribution < -0.4 is 0 Å². The van der Waals surface area contributed by atoms with E-state index >= 15 is 0 Å². The zero-order chi connectivity index (χ0) is 8.93. The quantitative estimate of drug-likeness (QED) is 0.653. The van der Waals surface area contributed by atoms with Gasteiger partial charge in [0.25, 0.3) is 0 Å². The van der Waals surface area contributed by atoms with Gasteiger partial charge in [-0.05, 0) is 30.5 Å². The van der Waals surface area contributed by atoms with Gasteiger partial charge in [0, 0.05) is 12.4 Å². The lowest BCUT2D eigenvalue weighted by atomic mass is 10.1. The Hall–Kier alpha value is -1.15. The van der Waals surface area contributed by atoms with E-state index in [0.29, 0.717) is 0 Å². The van der Waals surface area contributed by atoms with Crippen molar-refractivity contribution in [1.82, 2.24) is 4.98 Å². The van der Waals surface area contributed by atoms with Crippen molar-refractivity contribution in [1.29, 1.82) is 0 Å². The van der Waals surface area contributed by atoms with Crippen LogP contribution in [0, 0.1) is 0 Å². The van der Waals surface area contributed by atoms with E-state index in [4.69, 9.17) is 4.74 Å². The van der Waals surface area contributed by atoms with Gasteiger partial charge in [-0.3, -0.25) is 4.98 Å². The Morgan fingerprint density at radius 3 is 2.54 bits per heavy atom. The second-order valence-electron chi connectivity index (χ2n) is 3.20. The molecule has 1 aromatic rings. The van der Waals surface area contributed by atoms with E-state index in [2.05, 4.69) is 11.1 Å². The summed E-state index contributed by atoms with van der Waals surface area (Å²) in [6.07, 6.45) is 8.03. The average molecular weight is 175 g/mol. The predicted octanol–water partition coefficient (Wildman–Crippen LogP) is 2.28. The van der Waals surface area contributed by atoms with Gasteiger partial charge in [-0.2, -0.15) is 0 Å². The highest BCUT2D eigenvalue weighted by atomic mass is 16.5. The van der Waals surface area contributed by atoms with Gasteiger partial charge in [0.05, 0.1) is 13.2 Å². The highest BCUT2D eigenvalue weighted by Crippen LogP contribution is 2.16. The van der Waals surface area contributed by atoms with Crippen molar-refractivity contribution in [3.63, 3.8) is 0 Å². The number of pyridine rings is 1. The molecule has 2 heteroatoms. The fraction of sp³-hybridized carbons (Fsp3) is 0.364. The number of rotatable bonds is 1. The molecule has 1 aliphatic heterocycles. The van der Waals surface area contributed by atoms with Gasteiger partial charge in [0.15, 0.2) is 0 Å². The molecule has 13 heavy (non-hydrogen) atoms. The van der Waals surface area contributed by atoms with Crippen molar-refractivity contribution in [2.24, 2.45) is 0 Å². The molecule has 0 bridgehead atoms. The number of hydrogen-bond donors (Lipinski definition) is 0. The van der Waals surface area contributed by atoms with Gasteiger partial charge >= 0.3 is 0 Å². The largest absolute Gasteiger partial charge is 0.381 e. The van der Waals surface area contributed by atoms with Crippen LogP contribution in [0.4, 0.5) is 0 Å². The molecule has 0 radical (unpaired) electrons. The maximum Gasteiger partial charge on any atom is 0.0503 e. The van der Waals surface area contributed by atoms with Crippen LogP contribution in [0.3, 0.4) is 0 Å². The molecule has 2 heterocycles. The van der Waals surface area contributed by atoms with E-state index in [9.17, 15) is 0 Å². The summed E-state index contributed by atoms with van der Waals surface area (Å²) in [5.41, 5.74) is 2.73. The molecule has 0 spiro atoms. The molecule has 0 N–H and O–H groups in total. The monoisotopic (exact) mass is 175 g/mol. The second-order valence-corrected chi connectivity index (χ2v) is 3.20. The summed E-state index contributed by atoms with van der Waals surface area (Å²) in [5.74, 6) is 0. The highest BCUT2D eigenvalue weighted by Gasteiger charge is 2.04. The van der Waals surface area contributed by atoms with Gasteiger partial charge in [0.2, 0.25) is 0 Å². The Kier molecular flexibility index (Phi) is 2.72. The highest BCUT2D eigenvalue weighted by molar-refractivity contribution is 5.52. The minimum Gasteiger partial charge on any atom is -0.381 e. The van der Waals surface area contributed by atoms with E-state index in [-0.39, 0.29) is 0 Å². The van der Waals surface area contributed by atoms with Crippen molar-refractivity contribution in [2.45, 2.75) is 12.8 Å². The van der Waals surface area contributed by atoms with E-state index in [1.54, 1.807) is 0 Å². The molecule has 0 aliphatic carbocycles. The molecule has 0 aromatic carbocycles. The number of aromatic nitrogens is 1. The van der Waals surface area contributed by atoms with Gasteiger partial charge in [-0.1, -0.05) is 11.6 Å². The zero-order valence-corrected chi connectivity index (χ0v) is 7.57. The molecular formula is C11H13NO. The van der Waals surface area contributed by atoms with Gasteiger partial charge in [0.1, 0.15) is 0 Å². The number of hydrogen-bond acceptors (Lipinski definition) is 2. The van der Waals surface area contributed by atoms with E-state index in [1.165, 1.54) is 11.1 Å². The van der Waals surface area contributed by atoms with Crippen LogP contribution in [0.1, 0.15) is 18.4 Å². The summed E-state index contributed by atoms with van der Waals surface area (Å²) in [7, 11) is 0. The van der Waals surface area contributed by atoms with Crippen molar-refractivity contribution in [2.75, 3.05) is 13.2 Å². The lowest BCUT2D eigenvalue weighted by Gasteiger charge is -2.14. The summed E-state index contributed by atoms with van der Waals surface area (Å²) >= 11 is 0. The van der Waals surface area contributed by atoms with Crippen LogP contribution in [0.15, 0.2) is 30.1 Å². The summed E-state index contributed by atoms with van der Waals surface area (Å²) in [5, 5.41) is 0. The Morgan fingerprint density at radius 2 is 1.85 bits per heavy atom. The molecule has 68 valence electrons. The topological polar surface area (TPSA) is 22.1 Å². The third kappa shape index (κ3) is 2.39. The maximum atomic E-state index is 5.28. The molecule has 2 rings (SSSR count).